The molecule has 20 heavy (non-hydrogen) atoms. The Hall–Kier alpha value is -2.76. The van der Waals surface area contributed by atoms with Crippen molar-refractivity contribution in [3.8, 4) is 0 Å². The second kappa shape index (κ2) is 4.73. The molecular formula is C14H13N5O. The summed E-state index contributed by atoms with van der Waals surface area (Å²) in [5, 5.41) is 0.579. The zero-order valence-corrected chi connectivity index (χ0v) is 10.9. The highest BCUT2D eigenvalue weighted by Gasteiger charge is 2.06. The molecule has 0 aliphatic carbocycles. The summed E-state index contributed by atoms with van der Waals surface area (Å²) >= 11 is 0. The van der Waals surface area contributed by atoms with E-state index in [1.165, 1.54) is 10.9 Å². The largest absolute Gasteiger partial charge is 0.384 e. The number of aryl methyl sites for hydroxylation is 1. The second-order valence-corrected chi connectivity index (χ2v) is 4.55. The molecule has 0 amide bonds. The molecule has 0 atom stereocenters. The van der Waals surface area contributed by atoms with Crippen molar-refractivity contribution in [2.24, 2.45) is 0 Å². The molecule has 3 aromatic rings. The van der Waals surface area contributed by atoms with Gasteiger partial charge in [-0.25, -0.2) is 15.0 Å². The normalized spacial score (nSPS) is 10.8. The summed E-state index contributed by atoms with van der Waals surface area (Å²) in [5.41, 5.74) is 7.03. The van der Waals surface area contributed by atoms with Crippen LogP contribution in [0.15, 0.2) is 41.5 Å². The number of hydrogen-bond acceptors (Lipinski definition) is 5. The quantitative estimate of drug-likeness (QED) is 0.752. The van der Waals surface area contributed by atoms with Gasteiger partial charge in [-0.1, -0.05) is 12.1 Å². The third kappa shape index (κ3) is 2.23. The predicted molar refractivity (Wildman–Crippen MR) is 76.3 cm³/mol. The van der Waals surface area contributed by atoms with Crippen LogP contribution in [0.1, 0.15) is 11.5 Å². The van der Waals surface area contributed by atoms with Crippen LogP contribution in [-0.2, 0) is 6.54 Å². The van der Waals surface area contributed by atoms with E-state index >= 15 is 0 Å². The lowest BCUT2D eigenvalue weighted by molar-refractivity contribution is 0.704. The molecule has 2 N–H and O–H groups in total. The Morgan fingerprint density at radius 1 is 1.25 bits per heavy atom. The molecule has 2 aromatic heterocycles. The van der Waals surface area contributed by atoms with Gasteiger partial charge in [-0.05, 0) is 19.1 Å². The maximum Gasteiger partial charge on any atom is 0.261 e. The van der Waals surface area contributed by atoms with Gasteiger partial charge in [-0.3, -0.25) is 9.36 Å². The number of nitrogen functional groups attached to an aromatic ring is 1. The van der Waals surface area contributed by atoms with Gasteiger partial charge in [0, 0.05) is 11.8 Å². The van der Waals surface area contributed by atoms with Crippen molar-refractivity contribution in [3.63, 3.8) is 0 Å². The van der Waals surface area contributed by atoms with Gasteiger partial charge in [0.15, 0.2) is 5.82 Å². The number of fused-ring (bicyclic) bond motifs is 1. The first-order chi connectivity index (χ1) is 9.63. The van der Waals surface area contributed by atoms with E-state index in [0.29, 0.717) is 22.5 Å². The maximum absolute atomic E-state index is 12.3. The van der Waals surface area contributed by atoms with Crippen LogP contribution in [0.3, 0.4) is 0 Å². The fourth-order valence-electron chi connectivity index (χ4n) is 2.10. The van der Waals surface area contributed by atoms with Crippen LogP contribution in [0.25, 0.3) is 10.9 Å². The second-order valence-electron chi connectivity index (χ2n) is 4.55. The highest BCUT2D eigenvalue weighted by molar-refractivity contribution is 5.76. The van der Waals surface area contributed by atoms with E-state index in [2.05, 4.69) is 15.0 Å². The number of hydrogen-bond donors (Lipinski definition) is 1. The minimum absolute atomic E-state index is 0.112. The van der Waals surface area contributed by atoms with Crippen LogP contribution in [0.5, 0.6) is 0 Å². The van der Waals surface area contributed by atoms with Crippen molar-refractivity contribution in [1.29, 1.82) is 0 Å². The van der Waals surface area contributed by atoms with Gasteiger partial charge < -0.3 is 5.73 Å². The van der Waals surface area contributed by atoms with Crippen LogP contribution < -0.4 is 11.3 Å². The molecule has 6 nitrogen and oxygen atoms in total. The average Bonchev–Trinajstić information content (AvgIpc) is 2.41. The summed E-state index contributed by atoms with van der Waals surface area (Å²) in [6, 6.07) is 8.92. The molecule has 0 aliphatic heterocycles. The third-order valence-electron chi connectivity index (χ3n) is 2.96. The van der Waals surface area contributed by atoms with Gasteiger partial charge in [0.25, 0.3) is 5.56 Å². The smallest absolute Gasteiger partial charge is 0.261 e. The van der Waals surface area contributed by atoms with E-state index in [4.69, 9.17) is 5.73 Å². The number of rotatable bonds is 2. The van der Waals surface area contributed by atoms with Crippen LogP contribution in [0, 0.1) is 6.92 Å². The molecule has 1 aromatic carbocycles. The Morgan fingerprint density at radius 2 is 2.05 bits per heavy atom. The number of anilines is 1. The molecule has 0 saturated carbocycles. The molecule has 0 fully saturated rings. The minimum atomic E-state index is -0.112. The van der Waals surface area contributed by atoms with Gasteiger partial charge in [0.05, 0.1) is 23.8 Å². The van der Waals surface area contributed by atoms with Gasteiger partial charge in [-0.15, -0.1) is 0 Å². The predicted octanol–water partition coefficient (Wildman–Crippen LogP) is 1.13. The first-order valence-electron chi connectivity index (χ1n) is 6.18. The van der Waals surface area contributed by atoms with Crippen molar-refractivity contribution >= 4 is 16.7 Å². The SMILES string of the molecule is Cc1cc(N)nc(Cn2cnc3ccccc3c2=O)n1. The van der Waals surface area contributed by atoms with E-state index in [1.807, 2.05) is 25.1 Å². The number of para-hydroxylation sites is 1. The van der Waals surface area contributed by atoms with Gasteiger partial charge in [0.2, 0.25) is 0 Å². The summed E-state index contributed by atoms with van der Waals surface area (Å²) < 4.78 is 1.48. The molecular weight excluding hydrogens is 254 g/mol. The fourth-order valence-corrected chi connectivity index (χ4v) is 2.10. The Balaban J connectivity index is 2.07. The van der Waals surface area contributed by atoms with Crippen molar-refractivity contribution in [1.82, 2.24) is 19.5 Å². The van der Waals surface area contributed by atoms with Crippen molar-refractivity contribution in [3.05, 3.63) is 58.5 Å². The fraction of sp³-hybridized carbons (Fsp3) is 0.143. The molecule has 0 radical (unpaired) electrons. The highest BCUT2D eigenvalue weighted by atomic mass is 16.1. The summed E-state index contributed by atoms with van der Waals surface area (Å²) in [5.74, 6) is 0.899. The van der Waals surface area contributed by atoms with Crippen LogP contribution in [0.4, 0.5) is 5.82 Å². The topological polar surface area (TPSA) is 86.7 Å². The Labute approximate surface area is 114 Å². The van der Waals surface area contributed by atoms with Gasteiger partial charge in [0.1, 0.15) is 5.82 Å². The van der Waals surface area contributed by atoms with Crippen LogP contribution >= 0.6 is 0 Å². The summed E-state index contributed by atoms with van der Waals surface area (Å²) in [6.45, 7) is 2.09. The first kappa shape index (κ1) is 12.3. The molecule has 0 unspecified atom stereocenters. The molecule has 3 rings (SSSR count). The van der Waals surface area contributed by atoms with Crippen LogP contribution in [-0.4, -0.2) is 19.5 Å². The number of nitrogens with zero attached hydrogens (tertiary/aromatic N) is 4. The molecule has 6 heteroatoms. The third-order valence-corrected chi connectivity index (χ3v) is 2.96. The minimum Gasteiger partial charge on any atom is -0.384 e. The molecule has 0 bridgehead atoms. The van der Waals surface area contributed by atoms with E-state index in [0.717, 1.165) is 5.69 Å². The Kier molecular flexibility index (Phi) is 2.90. The average molecular weight is 267 g/mol. The first-order valence-corrected chi connectivity index (χ1v) is 6.18. The molecule has 100 valence electrons. The Bertz CT molecular complexity index is 820. The molecule has 0 spiro atoms. The monoisotopic (exact) mass is 267 g/mol. The number of benzene rings is 1. The zero-order chi connectivity index (χ0) is 14.1. The standard InChI is InChI=1S/C14H13N5O/c1-9-6-12(15)18-13(17-9)7-19-8-16-11-5-3-2-4-10(11)14(19)20/h2-6,8H,7H2,1H3,(H2,15,17,18). The lowest BCUT2D eigenvalue weighted by Gasteiger charge is -2.06. The summed E-state index contributed by atoms with van der Waals surface area (Å²) in [4.78, 5) is 25.0. The van der Waals surface area contributed by atoms with E-state index in [-0.39, 0.29) is 12.1 Å². The van der Waals surface area contributed by atoms with Gasteiger partial charge >= 0.3 is 0 Å². The molecule has 0 saturated heterocycles. The Morgan fingerprint density at radius 3 is 2.85 bits per heavy atom. The summed E-state index contributed by atoms with van der Waals surface area (Å²) in [6.07, 6.45) is 1.51. The van der Waals surface area contributed by atoms with Crippen molar-refractivity contribution in [2.45, 2.75) is 13.5 Å². The van der Waals surface area contributed by atoms with E-state index < -0.39 is 0 Å². The lowest BCUT2D eigenvalue weighted by Crippen LogP contribution is -2.22. The van der Waals surface area contributed by atoms with Gasteiger partial charge in [-0.2, -0.15) is 0 Å². The maximum atomic E-state index is 12.3. The zero-order valence-electron chi connectivity index (χ0n) is 10.9. The van der Waals surface area contributed by atoms with Crippen molar-refractivity contribution in [2.75, 3.05) is 5.73 Å². The molecule has 2 heterocycles. The van der Waals surface area contributed by atoms with E-state index in [9.17, 15) is 4.79 Å². The summed E-state index contributed by atoms with van der Waals surface area (Å²) in [7, 11) is 0. The number of nitrogens with two attached hydrogens (primary N) is 1. The lowest BCUT2D eigenvalue weighted by atomic mass is 10.2. The van der Waals surface area contributed by atoms with Crippen molar-refractivity contribution < 1.29 is 0 Å². The highest BCUT2D eigenvalue weighted by Crippen LogP contribution is 2.06. The van der Waals surface area contributed by atoms with Crippen LogP contribution in [0.2, 0.25) is 0 Å². The number of aromatic nitrogens is 4. The molecule has 0 aliphatic rings. The van der Waals surface area contributed by atoms with E-state index in [1.54, 1.807) is 12.1 Å².